The van der Waals surface area contributed by atoms with Gasteiger partial charge in [0.05, 0.1) is 6.10 Å². The molecular formula is C24H32O6. The molecule has 164 valence electrons. The number of hydrogen-bond acceptors (Lipinski definition) is 6. The van der Waals surface area contributed by atoms with E-state index in [1.54, 1.807) is 6.08 Å². The molecule has 0 aromatic carbocycles. The Morgan fingerprint density at radius 3 is 2.67 bits per heavy atom. The highest BCUT2D eigenvalue weighted by Crippen LogP contribution is 2.67. The van der Waals surface area contributed by atoms with Crippen molar-refractivity contribution in [1.29, 1.82) is 0 Å². The normalized spacial score (nSPS) is 44.9. The van der Waals surface area contributed by atoms with Gasteiger partial charge in [0.2, 0.25) is 5.78 Å². The first kappa shape index (κ1) is 21.4. The Kier molecular flexibility index (Phi) is 4.90. The van der Waals surface area contributed by atoms with Crippen molar-refractivity contribution in [2.24, 2.45) is 28.6 Å². The number of esters is 1. The summed E-state index contributed by atoms with van der Waals surface area (Å²) in [7, 11) is 0. The van der Waals surface area contributed by atoms with Crippen molar-refractivity contribution < 1.29 is 29.3 Å². The Morgan fingerprint density at radius 2 is 2.00 bits per heavy atom. The lowest BCUT2D eigenvalue weighted by atomic mass is 9.46. The largest absolute Gasteiger partial charge is 0.458 e. The Balaban J connectivity index is 1.71. The van der Waals surface area contributed by atoms with Gasteiger partial charge in [0.25, 0.3) is 0 Å². The quantitative estimate of drug-likeness (QED) is 0.542. The number of allylic oxidation sites excluding steroid dienone is 4. The summed E-state index contributed by atoms with van der Waals surface area (Å²) in [6.07, 6.45) is 5.39. The van der Waals surface area contributed by atoms with Crippen LogP contribution in [0.15, 0.2) is 23.3 Å². The molecule has 0 heterocycles. The maximum atomic E-state index is 12.9. The Bertz CT molecular complexity index is 871. The lowest BCUT2D eigenvalue weighted by Gasteiger charge is -2.59. The molecule has 0 aromatic rings. The number of fused-ring (bicyclic) bond motifs is 5. The number of Topliss-reactive ketones (excluding diaryl/α,β-unsaturated/α-hetero) is 1. The first-order valence-corrected chi connectivity index (χ1v) is 10.9. The molecule has 4 aliphatic carbocycles. The number of rotatable bonds is 3. The molecule has 2 N–H and O–H groups in total. The molecule has 0 aromatic heterocycles. The Hall–Kier alpha value is -1.79. The predicted octanol–water partition coefficient (Wildman–Crippen LogP) is 2.52. The maximum Gasteiger partial charge on any atom is 0.303 e. The van der Waals surface area contributed by atoms with Crippen molar-refractivity contribution in [3.8, 4) is 0 Å². The van der Waals surface area contributed by atoms with E-state index < -0.39 is 35.5 Å². The second kappa shape index (κ2) is 6.86. The zero-order valence-electron chi connectivity index (χ0n) is 18.2. The van der Waals surface area contributed by atoms with Crippen LogP contribution in [-0.2, 0) is 19.1 Å². The SMILES string of the molecule is CC(=O)OCC(=O)[C@@]1(O)CCC2C3CC(C)=C4CC(=O)C=C[C@]4(C)C3[C@@H](O)C[C@@]21C. The van der Waals surface area contributed by atoms with Gasteiger partial charge in [0, 0.05) is 30.1 Å². The number of carbonyl (C=O) groups is 3. The van der Waals surface area contributed by atoms with Crippen LogP contribution in [0.5, 0.6) is 0 Å². The number of ketones is 2. The van der Waals surface area contributed by atoms with Crippen molar-refractivity contribution >= 4 is 17.5 Å². The smallest absolute Gasteiger partial charge is 0.303 e. The molecule has 7 atom stereocenters. The first-order valence-electron chi connectivity index (χ1n) is 10.9. The summed E-state index contributed by atoms with van der Waals surface area (Å²) in [5.74, 6) is -0.808. The Morgan fingerprint density at radius 1 is 1.30 bits per heavy atom. The average molecular weight is 417 g/mol. The fourth-order valence-corrected chi connectivity index (χ4v) is 7.43. The van der Waals surface area contributed by atoms with Crippen LogP contribution in [-0.4, -0.2) is 46.1 Å². The Labute approximate surface area is 177 Å². The van der Waals surface area contributed by atoms with Crippen molar-refractivity contribution in [3.63, 3.8) is 0 Å². The average Bonchev–Trinajstić information content (AvgIpc) is 2.93. The minimum atomic E-state index is -1.61. The van der Waals surface area contributed by atoms with Crippen molar-refractivity contribution in [1.82, 2.24) is 0 Å². The summed E-state index contributed by atoms with van der Waals surface area (Å²) in [5, 5.41) is 22.9. The van der Waals surface area contributed by atoms with E-state index in [9.17, 15) is 24.6 Å². The van der Waals surface area contributed by atoms with Gasteiger partial charge in [0.15, 0.2) is 12.4 Å². The van der Waals surface area contributed by atoms with Crippen molar-refractivity contribution in [2.75, 3.05) is 6.61 Å². The van der Waals surface area contributed by atoms with Crippen LogP contribution in [0.2, 0.25) is 0 Å². The van der Waals surface area contributed by atoms with Crippen molar-refractivity contribution in [3.05, 3.63) is 23.3 Å². The molecule has 2 saturated carbocycles. The van der Waals surface area contributed by atoms with Crippen molar-refractivity contribution in [2.45, 2.75) is 71.5 Å². The van der Waals surface area contributed by atoms with Gasteiger partial charge in [0.1, 0.15) is 5.60 Å². The third-order valence-electron chi connectivity index (χ3n) is 8.84. The molecule has 0 amide bonds. The molecule has 6 nitrogen and oxygen atoms in total. The molecule has 0 bridgehead atoms. The highest BCUT2D eigenvalue weighted by Gasteiger charge is 2.68. The highest BCUT2D eigenvalue weighted by atomic mass is 16.5. The number of carbonyl (C=O) groups excluding carboxylic acids is 3. The third kappa shape index (κ3) is 2.79. The fourth-order valence-electron chi connectivity index (χ4n) is 7.43. The molecular weight excluding hydrogens is 384 g/mol. The van der Waals surface area contributed by atoms with E-state index in [1.807, 2.05) is 13.0 Å². The number of ether oxygens (including phenoxy) is 1. The van der Waals surface area contributed by atoms with Crippen LogP contribution in [0, 0.1) is 28.6 Å². The van der Waals surface area contributed by atoms with Gasteiger partial charge in [-0.2, -0.15) is 0 Å². The topological polar surface area (TPSA) is 101 Å². The lowest BCUT2D eigenvalue weighted by molar-refractivity contribution is -0.179. The minimum absolute atomic E-state index is 0.0513. The monoisotopic (exact) mass is 416 g/mol. The molecule has 0 radical (unpaired) electrons. The number of aliphatic hydroxyl groups excluding tert-OH is 1. The van der Waals surface area contributed by atoms with E-state index in [2.05, 4.69) is 13.8 Å². The standard InChI is InChI=1S/C24H32O6/c1-13-9-16-17-6-8-24(29,20(28)12-30-14(2)25)23(17,4)11-19(27)21(16)22(3)7-5-15(26)10-18(13)22/h5,7,16-17,19,21,27,29H,6,8-12H2,1-4H3/t16?,17?,19-,21?,22-,23-,24-/m0/s1. The summed E-state index contributed by atoms with van der Waals surface area (Å²) in [6, 6.07) is 0. The fraction of sp³-hybridized carbons (Fsp3) is 0.708. The van der Waals surface area contributed by atoms with Crippen LogP contribution in [0.25, 0.3) is 0 Å². The van der Waals surface area contributed by atoms with E-state index in [-0.39, 0.29) is 29.0 Å². The van der Waals surface area contributed by atoms with E-state index in [1.165, 1.54) is 12.5 Å². The molecule has 0 spiro atoms. The molecule has 30 heavy (non-hydrogen) atoms. The number of aliphatic hydroxyl groups is 2. The van der Waals surface area contributed by atoms with E-state index in [0.717, 1.165) is 12.0 Å². The van der Waals surface area contributed by atoms with E-state index in [0.29, 0.717) is 25.7 Å². The highest BCUT2D eigenvalue weighted by molar-refractivity contribution is 5.93. The molecule has 4 rings (SSSR count). The third-order valence-corrected chi connectivity index (χ3v) is 8.84. The van der Waals surface area contributed by atoms with Gasteiger partial charge in [-0.05, 0) is 50.5 Å². The van der Waals surface area contributed by atoms with E-state index in [4.69, 9.17) is 4.74 Å². The van der Waals surface area contributed by atoms with Gasteiger partial charge < -0.3 is 14.9 Å². The van der Waals surface area contributed by atoms with Gasteiger partial charge >= 0.3 is 5.97 Å². The number of hydrogen-bond donors (Lipinski definition) is 2. The molecule has 4 aliphatic rings. The van der Waals surface area contributed by atoms with Crippen LogP contribution in [0.1, 0.15) is 59.8 Å². The zero-order valence-corrected chi connectivity index (χ0v) is 18.2. The maximum absolute atomic E-state index is 12.9. The van der Waals surface area contributed by atoms with Gasteiger partial charge in [-0.3, -0.25) is 14.4 Å². The van der Waals surface area contributed by atoms with E-state index >= 15 is 0 Å². The summed E-state index contributed by atoms with van der Waals surface area (Å²) in [4.78, 5) is 36.2. The van der Waals surface area contributed by atoms with Crippen LogP contribution in [0.3, 0.4) is 0 Å². The summed E-state index contributed by atoms with van der Waals surface area (Å²) in [6.45, 7) is 6.90. The lowest BCUT2D eigenvalue weighted by Crippen LogP contribution is -2.61. The summed E-state index contributed by atoms with van der Waals surface area (Å²) < 4.78 is 4.89. The second-order valence-electron chi connectivity index (χ2n) is 10.3. The predicted molar refractivity (Wildman–Crippen MR) is 109 cm³/mol. The molecule has 3 unspecified atom stereocenters. The first-order chi connectivity index (χ1) is 13.9. The summed E-state index contributed by atoms with van der Waals surface area (Å²) in [5.41, 5.74) is -0.472. The molecule has 0 aliphatic heterocycles. The molecule has 6 heteroatoms. The molecule has 2 fully saturated rings. The minimum Gasteiger partial charge on any atom is -0.458 e. The van der Waals surface area contributed by atoms with Crippen LogP contribution >= 0.6 is 0 Å². The summed E-state index contributed by atoms with van der Waals surface area (Å²) >= 11 is 0. The van der Waals surface area contributed by atoms with Crippen LogP contribution < -0.4 is 0 Å². The molecule has 0 saturated heterocycles. The van der Waals surface area contributed by atoms with Gasteiger partial charge in [-0.25, -0.2) is 0 Å². The second-order valence-corrected chi connectivity index (χ2v) is 10.3. The van der Waals surface area contributed by atoms with Crippen LogP contribution in [0.4, 0.5) is 0 Å². The van der Waals surface area contributed by atoms with Gasteiger partial charge in [-0.15, -0.1) is 0 Å². The zero-order chi connectivity index (χ0) is 22.1. The van der Waals surface area contributed by atoms with Gasteiger partial charge in [-0.1, -0.05) is 31.1 Å².